The van der Waals surface area contributed by atoms with E-state index < -0.39 is 0 Å². The van der Waals surface area contributed by atoms with Gasteiger partial charge in [0, 0.05) is 12.2 Å². The van der Waals surface area contributed by atoms with Crippen LogP contribution in [0.25, 0.3) is 0 Å². The maximum atomic E-state index is 5.77. The van der Waals surface area contributed by atoms with Gasteiger partial charge in [-0.25, -0.2) is 4.68 Å². The van der Waals surface area contributed by atoms with E-state index in [1.165, 1.54) is 25.7 Å². The van der Waals surface area contributed by atoms with E-state index in [4.69, 9.17) is 5.73 Å². The summed E-state index contributed by atoms with van der Waals surface area (Å²) in [5.74, 6) is 0. The molecule has 2 N–H and O–H groups in total. The molecule has 0 aliphatic heterocycles. The Labute approximate surface area is 112 Å². The number of hydrogen-bond acceptors (Lipinski definition) is 4. The highest BCUT2D eigenvalue weighted by Gasteiger charge is 2.17. The van der Waals surface area contributed by atoms with Crippen LogP contribution in [-0.4, -0.2) is 24.8 Å². The van der Waals surface area contributed by atoms with Crippen molar-refractivity contribution >= 4 is 0 Å². The SMILES string of the molecule is CC(N)c1cn(Cc2ccn(C3CCCC3)n2)nn1. The fraction of sp³-hybridized carbons (Fsp3) is 0.615. The van der Waals surface area contributed by atoms with E-state index >= 15 is 0 Å². The molecule has 0 spiro atoms. The summed E-state index contributed by atoms with van der Waals surface area (Å²) in [5.41, 5.74) is 7.61. The highest BCUT2D eigenvalue weighted by molar-refractivity contribution is 5.03. The minimum Gasteiger partial charge on any atom is -0.323 e. The standard InChI is InChI=1S/C13H20N6/c1-10(14)13-9-18(17-15-13)8-11-6-7-19(16-11)12-4-2-3-5-12/h6-7,9-10,12H,2-5,8,14H2,1H3. The summed E-state index contributed by atoms with van der Waals surface area (Å²) in [5, 5.41) is 12.8. The molecule has 19 heavy (non-hydrogen) atoms. The minimum atomic E-state index is -0.0789. The van der Waals surface area contributed by atoms with Crippen molar-refractivity contribution in [3.63, 3.8) is 0 Å². The average Bonchev–Trinajstić information content (AvgIpc) is 3.09. The highest BCUT2D eigenvalue weighted by atomic mass is 15.4. The van der Waals surface area contributed by atoms with Crippen LogP contribution in [0.3, 0.4) is 0 Å². The van der Waals surface area contributed by atoms with E-state index in [0.29, 0.717) is 12.6 Å². The zero-order valence-corrected chi connectivity index (χ0v) is 11.2. The summed E-state index contributed by atoms with van der Waals surface area (Å²) in [6, 6.07) is 2.57. The lowest BCUT2D eigenvalue weighted by atomic mass is 10.3. The molecule has 1 fully saturated rings. The molecule has 1 saturated carbocycles. The Morgan fingerprint density at radius 1 is 1.42 bits per heavy atom. The van der Waals surface area contributed by atoms with Crippen LogP contribution < -0.4 is 5.73 Å². The summed E-state index contributed by atoms with van der Waals surface area (Å²) < 4.78 is 3.89. The van der Waals surface area contributed by atoms with Gasteiger partial charge in [-0.1, -0.05) is 18.1 Å². The van der Waals surface area contributed by atoms with E-state index in [1.807, 2.05) is 13.1 Å². The van der Waals surface area contributed by atoms with Crippen molar-refractivity contribution in [1.82, 2.24) is 24.8 Å². The van der Waals surface area contributed by atoms with Crippen molar-refractivity contribution in [3.05, 3.63) is 29.8 Å². The Morgan fingerprint density at radius 3 is 2.89 bits per heavy atom. The van der Waals surface area contributed by atoms with E-state index in [0.717, 1.165) is 11.4 Å². The van der Waals surface area contributed by atoms with Gasteiger partial charge in [0.05, 0.1) is 30.2 Å². The molecule has 1 aliphatic carbocycles. The number of aromatic nitrogens is 5. The molecule has 3 rings (SSSR count). The van der Waals surface area contributed by atoms with E-state index in [9.17, 15) is 0 Å². The van der Waals surface area contributed by atoms with Crippen LogP contribution in [0.2, 0.25) is 0 Å². The van der Waals surface area contributed by atoms with Crippen LogP contribution in [0.5, 0.6) is 0 Å². The first-order valence-corrected chi connectivity index (χ1v) is 6.92. The van der Waals surface area contributed by atoms with Crippen molar-refractivity contribution in [2.45, 2.75) is 51.2 Å². The van der Waals surface area contributed by atoms with Crippen molar-refractivity contribution in [2.75, 3.05) is 0 Å². The molecule has 102 valence electrons. The molecule has 0 aromatic carbocycles. The van der Waals surface area contributed by atoms with E-state index in [2.05, 4.69) is 32.4 Å². The van der Waals surface area contributed by atoms with Crippen molar-refractivity contribution in [2.24, 2.45) is 5.73 Å². The van der Waals surface area contributed by atoms with Gasteiger partial charge in [-0.05, 0) is 25.8 Å². The smallest absolute Gasteiger partial charge is 0.0991 e. The van der Waals surface area contributed by atoms with E-state index in [1.54, 1.807) is 4.68 Å². The second kappa shape index (κ2) is 5.13. The average molecular weight is 260 g/mol. The first kappa shape index (κ1) is 12.3. The van der Waals surface area contributed by atoms with Gasteiger partial charge in [0.15, 0.2) is 0 Å². The molecule has 0 radical (unpaired) electrons. The Bertz CT molecular complexity index is 535. The summed E-state index contributed by atoms with van der Waals surface area (Å²) >= 11 is 0. The third-order valence-electron chi connectivity index (χ3n) is 3.71. The molecule has 2 aromatic rings. The van der Waals surface area contributed by atoms with Crippen LogP contribution in [0.15, 0.2) is 18.5 Å². The number of rotatable bonds is 4. The molecule has 6 heteroatoms. The monoisotopic (exact) mass is 260 g/mol. The summed E-state index contributed by atoms with van der Waals surface area (Å²) in [6.45, 7) is 2.56. The van der Waals surface area contributed by atoms with Gasteiger partial charge in [-0.2, -0.15) is 5.10 Å². The van der Waals surface area contributed by atoms with Gasteiger partial charge in [0.1, 0.15) is 0 Å². The molecule has 0 bridgehead atoms. The first-order valence-electron chi connectivity index (χ1n) is 6.92. The van der Waals surface area contributed by atoms with Gasteiger partial charge < -0.3 is 5.73 Å². The Kier molecular flexibility index (Phi) is 3.33. The largest absolute Gasteiger partial charge is 0.323 e. The molecule has 6 nitrogen and oxygen atoms in total. The van der Waals surface area contributed by atoms with Crippen LogP contribution in [-0.2, 0) is 6.54 Å². The summed E-state index contributed by atoms with van der Waals surface area (Å²) in [6.07, 6.45) is 9.11. The van der Waals surface area contributed by atoms with Gasteiger partial charge in [-0.3, -0.25) is 4.68 Å². The number of nitrogens with zero attached hydrogens (tertiary/aromatic N) is 5. The number of hydrogen-bond donors (Lipinski definition) is 1. The molecular formula is C13H20N6. The summed E-state index contributed by atoms with van der Waals surface area (Å²) in [7, 11) is 0. The first-order chi connectivity index (χ1) is 9.22. The predicted molar refractivity (Wildman–Crippen MR) is 71.5 cm³/mol. The van der Waals surface area contributed by atoms with Crippen molar-refractivity contribution in [1.29, 1.82) is 0 Å². The fourth-order valence-corrected chi connectivity index (χ4v) is 2.60. The maximum absolute atomic E-state index is 5.77. The molecular weight excluding hydrogens is 240 g/mol. The van der Waals surface area contributed by atoms with Gasteiger partial charge in [0.2, 0.25) is 0 Å². The van der Waals surface area contributed by atoms with Gasteiger partial charge >= 0.3 is 0 Å². The van der Waals surface area contributed by atoms with E-state index in [-0.39, 0.29) is 6.04 Å². The second-order valence-corrected chi connectivity index (χ2v) is 5.36. The predicted octanol–water partition coefficient (Wildman–Crippen LogP) is 1.66. The highest BCUT2D eigenvalue weighted by Crippen LogP contribution is 2.28. The van der Waals surface area contributed by atoms with Gasteiger partial charge in [-0.15, -0.1) is 5.10 Å². The molecule has 1 unspecified atom stereocenters. The lowest BCUT2D eigenvalue weighted by Gasteiger charge is -2.08. The minimum absolute atomic E-state index is 0.0789. The molecule has 1 atom stereocenters. The topological polar surface area (TPSA) is 74.5 Å². The van der Waals surface area contributed by atoms with Crippen LogP contribution in [0, 0.1) is 0 Å². The zero-order valence-electron chi connectivity index (χ0n) is 11.2. The molecule has 2 aromatic heterocycles. The lowest BCUT2D eigenvalue weighted by Crippen LogP contribution is -2.07. The zero-order chi connectivity index (χ0) is 13.2. The third kappa shape index (κ3) is 2.68. The van der Waals surface area contributed by atoms with Crippen LogP contribution >= 0.6 is 0 Å². The Balaban J connectivity index is 1.68. The second-order valence-electron chi connectivity index (χ2n) is 5.36. The molecule has 0 saturated heterocycles. The molecule has 2 heterocycles. The number of nitrogens with two attached hydrogens (primary N) is 1. The van der Waals surface area contributed by atoms with Crippen LogP contribution in [0.1, 0.15) is 56.1 Å². The maximum Gasteiger partial charge on any atom is 0.0991 e. The molecule has 0 amide bonds. The Morgan fingerprint density at radius 2 is 2.21 bits per heavy atom. The lowest BCUT2D eigenvalue weighted by molar-refractivity contribution is 0.460. The fourth-order valence-electron chi connectivity index (χ4n) is 2.60. The van der Waals surface area contributed by atoms with Crippen LogP contribution in [0.4, 0.5) is 0 Å². The van der Waals surface area contributed by atoms with Crippen molar-refractivity contribution in [3.8, 4) is 0 Å². The Hall–Kier alpha value is -1.69. The quantitative estimate of drug-likeness (QED) is 0.907. The third-order valence-corrected chi connectivity index (χ3v) is 3.71. The summed E-state index contributed by atoms with van der Waals surface area (Å²) in [4.78, 5) is 0. The van der Waals surface area contributed by atoms with Gasteiger partial charge in [0.25, 0.3) is 0 Å². The molecule has 1 aliphatic rings. The normalized spacial score (nSPS) is 18.0. The van der Waals surface area contributed by atoms with Crippen molar-refractivity contribution < 1.29 is 0 Å².